The first-order valence-electron chi connectivity index (χ1n) is 17.0. The second-order valence-electron chi connectivity index (χ2n) is 11.8. The summed E-state index contributed by atoms with van der Waals surface area (Å²) in [6.07, 6.45) is 28.3. The van der Waals surface area contributed by atoms with Gasteiger partial charge in [0.15, 0.2) is 0 Å². The van der Waals surface area contributed by atoms with Gasteiger partial charge in [0.05, 0.1) is 25.0 Å². The Bertz CT molecular complexity index is 621. The van der Waals surface area contributed by atoms with E-state index in [2.05, 4.69) is 13.8 Å². The van der Waals surface area contributed by atoms with Crippen molar-refractivity contribution in [2.75, 3.05) is 27.2 Å². The number of carbonyl (C=O) groups is 4. The van der Waals surface area contributed by atoms with Crippen molar-refractivity contribution in [3.63, 3.8) is 0 Å². The van der Waals surface area contributed by atoms with Crippen LogP contribution < -0.4 is 10.2 Å². The number of likely N-dealkylation sites (N-methyl/N-ethyl adjacent to an activating group) is 2. The Balaban J connectivity index is -0.000000727. The monoisotopic (exact) mass is 620 g/mol. The summed E-state index contributed by atoms with van der Waals surface area (Å²) in [6.45, 7) is 3.86. The summed E-state index contributed by atoms with van der Waals surface area (Å²) in [6, 6.07) is 0. The molecule has 8 nitrogen and oxygen atoms in total. The molecule has 0 aliphatic rings. The second kappa shape index (κ2) is 35.1. The molecule has 0 bridgehead atoms. The maximum Gasteiger partial charge on any atom is 2.00 e. The van der Waals surface area contributed by atoms with Crippen LogP contribution in [0.1, 0.15) is 168 Å². The van der Waals surface area contributed by atoms with E-state index >= 15 is 0 Å². The molecule has 0 aliphatic heterocycles. The minimum absolute atomic E-state index is 0. The zero-order chi connectivity index (χ0) is 31.8. The van der Waals surface area contributed by atoms with E-state index in [1.807, 2.05) is 0 Å². The first-order chi connectivity index (χ1) is 20.1. The van der Waals surface area contributed by atoms with Gasteiger partial charge < -0.3 is 29.6 Å². The predicted octanol–water partition coefficient (Wildman–Crippen LogP) is 5.41. The van der Waals surface area contributed by atoms with Gasteiger partial charge in [-0.15, -0.1) is 0 Å². The van der Waals surface area contributed by atoms with Gasteiger partial charge in [-0.05, 0) is 12.8 Å². The number of hydrogen-bond acceptors (Lipinski definition) is 6. The molecule has 0 saturated carbocycles. The molecular formula is C34H64MgN2O6. The van der Waals surface area contributed by atoms with Gasteiger partial charge in [0.25, 0.3) is 0 Å². The molecule has 0 aromatic heterocycles. The Kier molecular flexibility index (Phi) is 37.6. The normalized spacial score (nSPS) is 10.3. The van der Waals surface area contributed by atoms with Gasteiger partial charge in [0.2, 0.25) is 11.8 Å². The Morgan fingerprint density at radius 2 is 0.628 bits per heavy atom. The van der Waals surface area contributed by atoms with Gasteiger partial charge in [-0.3, -0.25) is 9.59 Å². The molecule has 0 spiro atoms. The third kappa shape index (κ3) is 36.7. The van der Waals surface area contributed by atoms with Crippen molar-refractivity contribution in [2.45, 2.75) is 168 Å². The second-order valence-corrected chi connectivity index (χ2v) is 11.8. The molecule has 0 radical (unpaired) electrons. The number of aliphatic carboxylic acids is 2. The number of carboxylic acids is 2. The van der Waals surface area contributed by atoms with Crippen LogP contribution in [0.2, 0.25) is 0 Å². The first kappa shape index (κ1) is 46.1. The molecule has 0 fully saturated rings. The fourth-order valence-electron chi connectivity index (χ4n) is 4.83. The molecule has 0 unspecified atom stereocenters. The third-order valence-corrected chi connectivity index (χ3v) is 7.57. The maximum absolute atomic E-state index is 11.6. The Labute approximate surface area is 280 Å². The van der Waals surface area contributed by atoms with Crippen molar-refractivity contribution in [1.82, 2.24) is 9.80 Å². The number of carboxylic acid groups (broad SMARTS) is 2. The summed E-state index contributed by atoms with van der Waals surface area (Å²) in [7, 11) is 3.02. The van der Waals surface area contributed by atoms with Crippen molar-refractivity contribution in [1.29, 1.82) is 0 Å². The van der Waals surface area contributed by atoms with Gasteiger partial charge in [-0.25, -0.2) is 0 Å². The van der Waals surface area contributed by atoms with Gasteiger partial charge in [-0.2, -0.15) is 0 Å². The number of nitrogens with zero attached hydrogens (tertiary/aromatic N) is 2. The summed E-state index contributed by atoms with van der Waals surface area (Å²) in [4.78, 5) is 46.3. The van der Waals surface area contributed by atoms with E-state index in [1.165, 1.54) is 139 Å². The first-order valence-corrected chi connectivity index (χ1v) is 17.0. The van der Waals surface area contributed by atoms with E-state index in [0.717, 1.165) is 25.7 Å². The molecule has 0 rings (SSSR count). The largest absolute Gasteiger partial charge is 2.00 e. The molecule has 9 heteroatoms. The number of rotatable bonds is 28. The van der Waals surface area contributed by atoms with Crippen LogP contribution >= 0.6 is 0 Å². The summed E-state index contributed by atoms with van der Waals surface area (Å²) in [5.74, 6) is -2.61. The van der Waals surface area contributed by atoms with E-state index in [1.54, 1.807) is 0 Å². The van der Waals surface area contributed by atoms with Crippen molar-refractivity contribution in [2.24, 2.45) is 0 Å². The molecule has 0 N–H and O–H groups in total. The van der Waals surface area contributed by atoms with Crippen molar-refractivity contribution >= 4 is 46.8 Å². The predicted molar refractivity (Wildman–Crippen MR) is 173 cm³/mol. The van der Waals surface area contributed by atoms with Crippen LogP contribution in [0.4, 0.5) is 0 Å². The molecule has 0 aromatic carbocycles. The zero-order valence-electron chi connectivity index (χ0n) is 28.4. The van der Waals surface area contributed by atoms with E-state index in [9.17, 15) is 29.4 Å². The van der Waals surface area contributed by atoms with Crippen LogP contribution in [0.5, 0.6) is 0 Å². The Hall–Kier alpha value is -1.35. The summed E-state index contributed by atoms with van der Waals surface area (Å²) < 4.78 is 0. The number of hydrogen-bond donors (Lipinski definition) is 0. The van der Waals surface area contributed by atoms with Crippen molar-refractivity contribution in [3.8, 4) is 0 Å². The summed E-state index contributed by atoms with van der Waals surface area (Å²) >= 11 is 0. The van der Waals surface area contributed by atoms with Crippen LogP contribution in [-0.2, 0) is 19.2 Å². The fourth-order valence-corrected chi connectivity index (χ4v) is 4.83. The van der Waals surface area contributed by atoms with Crippen molar-refractivity contribution in [3.05, 3.63) is 0 Å². The standard InChI is InChI=1S/2C17H33NO3.Mg/c2*1-3-4-5-6-7-8-9-10-11-12-13-14-16(19)18(2)15-17(20)21;/h2*3-15H2,1-2H3,(H,20,21);/q;;+2/p-2. The van der Waals surface area contributed by atoms with E-state index < -0.39 is 11.9 Å². The number of carbonyl (C=O) groups excluding carboxylic acids is 4. The van der Waals surface area contributed by atoms with Crippen LogP contribution in [-0.4, -0.2) is 83.8 Å². The number of unbranched alkanes of at least 4 members (excludes halogenated alkanes) is 20. The van der Waals surface area contributed by atoms with Crippen molar-refractivity contribution < 1.29 is 29.4 Å². The maximum atomic E-state index is 11.6. The summed E-state index contributed by atoms with van der Waals surface area (Å²) in [5, 5.41) is 20.7. The smallest absolute Gasteiger partial charge is 0.548 e. The number of amides is 2. The Morgan fingerprint density at radius 3 is 0.837 bits per heavy atom. The topological polar surface area (TPSA) is 121 Å². The fraction of sp³-hybridized carbons (Fsp3) is 0.882. The van der Waals surface area contributed by atoms with Gasteiger partial charge in [0, 0.05) is 26.9 Å². The summed E-state index contributed by atoms with van der Waals surface area (Å²) in [5.41, 5.74) is 0. The van der Waals surface area contributed by atoms with Gasteiger partial charge in [0.1, 0.15) is 0 Å². The zero-order valence-corrected chi connectivity index (χ0v) is 29.9. The molecule has 43 heavy (non-hydrogen) atoms. The van der Waals surface area contributed by atoms with Crippen LogP contribution in [0, 0.1) is 0 Å². The SMILES string of the molecule is CCCCCCCCCCCCCC(=O)N(C)CC(=O)[O-].CCCCCCCCCCCCCC(=O)N(C)CC(=O)[O-].[Mg+2]. The molecule has 0 heterocycles. The Morgan fingerprint density at radius 1 is 0.419 bits per heavy atom. The molecule has 248 valence electrons. The minimum Gasteiger partial charge on any atom is -0.548 e. The average Bonchev–Trinajstić information content (AvgIpc) is 2.94. The van der Waals surface area contributed by atoms with Gasteiger partial charge in [-0.1, -0.05) is 142 Å². The molecule has 0 saturated heterocycles. The van der Waals surface area contributed by atoms with E-state index in [-0.39, 0.29) is 48.0 Å². The molecule has 0 aromatic rings. The van der Waals surface area contributed by atoms with Crippen LogP contribution in [0.15, 0.2) is 0 Å². The molecule has 0 atom stereocenters. The van der Waals surface area contributed by atoms with E-state index in [0.29, 0.717) is 12.8 Å². The molecular weight excluding hydrogens is 557 g/mol. The quantitative estimate of drug-likeness (QED) is 0.0852. The third-order valence-electron chi connectivity index (χ3n) is 7.57. The van der Waals surface area contributed by atoms with Gasteiger partial charge >= 0.3 is 23.1 Å². The minimum atomic E-state index is -1.20. The molecule has 2 amide bonds. The molecule has 0 aliphatic carbocycles. The van der Waals surface area contributed by atoms with Crippen LogP contribution in [0.25, 0.3) is 0 Å². The van der Waals surface area contributed by atoms with E-state index in [4.69, 9.17) is 0 Å². The average molecular weight is 621 g/mol. The van der Waals surface area contributed by atoms with Crippen LogP contribution in [0.3, 0.4) is 0 Å².